The Morgan fingerprint density at radius 2 is 2.17 bits per heavy atom. The molecule has 0 unspecified atom stereocenters. The number of ether oxygens (including phenoxy) is 2. The van der Waals surface area contributed by atoms with Gasteiger partial charge in [0.1, 0.15) is 0 Å². The van der Waals surface area contributed by atoms with Gasteiger partial charge in [-0.1, -0.05) is 24.3 Å². The van der Waals surface area contributed by atoms with E-state index >= 15 is 0 Å². The summed E-state index contributed by atoms with van der Waals surface area (Å²) in [7, 11) is 1.64. The molecule has 1 saturated heterocycles. The van der Waals surface area contributed by atoms with Gasteiger partial charge in [-0.25, -0.2) is 0 Å². The Bertz CT molecular complexity index is 709. The minimum atomic E-state index is -0.394. The lowest BCUT2D eigenvalue weighted by Gasteiger charge is -2.42. The molecule has 0 radical (unpaired) electrons. The molecule has 1 aromatic carbocycles. The number of carbonyl (C=O) groups is 1. The molecule has 1 aliphatic rings. The van der Waals surface area contributed by atoms with Crippen LogP contribution in [-0.2, 0) is 9.47 Å². The molecular formula is C18H22N2O3. The van der Waals surface area contributed by atoms with Crippen LogP contribution < -0.4 is 0 Å². The molecule has 122 valence electrons. The summed E-state index contributed by atoms with van der Waals surface area (Å²) in [5.74, 6) is -0.00761. The zero-order chi connectivity index (χ0) is 16.4. The summed E-state index contributed by atoms with van der Waals surface area (Å²) >= 11 is 0. The van der Waals surface area contributed by atoms with Gasteiger partial charge in [-0.05, 0) is 19.2 Å². The summed E-state index contributed by atoms with van der Waals surface area (Å²) in [6.45, 7) is 5.54. The number of hydrogen-bond acceptors (Lipinski definition) is 4. The van der Waals surface area contributed by atoms with Crippen LogP contribution in [0.15, 0.2) is 36.7 Å². The molecule has 3 rings (SSSR count). The van der Waals surface area contributed by atoms with E-state index in [0.717, 1.165) is 10.8 Å². The lowest BCUT2D eigenvalue weighted by atomic mass is 10.0. The predicted octanol–water partition coefficient (Wildman–Crippen LogP) is 2.50. The van der Waals surface area contributed by atoms with Gasteiger partial charge in [0, 0.05) is 38.0 Å². The molecule has 0 N–H and O–H groups in total. The molecular weight excluding hydrogens is 292 g/mol. The monoisotopic (exact) mass is 314 g/mol. The van der Waals surface area contributed by atoms with E-state index in [1.807, 2.05) is 43.0 Å². The third kappa shape index (κ3) is 3.35. The topological polar surface area (TPSA) is 51.7 Å². The van der Waals surface area contributed by atoms with E-state index in [0.29, 0.717) is 25.3 Å². The van der Waals surface area contributed by atoms with Crippen molar-refractivity contribution in [2.45, 2.75) is 25.6 Å². The second kappa shape index (κ2) is 6.26. The van der Waals surface area contributed by atoms with Crippen LogP contribution >= 0.6 is 0 Å². The second-order valence-corrected chi connectivity index (χ2v) is 6.55. The molecule has 1 amide bonds. The van der Waals surface area contributed by atoms with Gasteiger partial charge in [-0.3, -0.25) is 9.78 Å². The lowest BCUT2D eigenvalue weighted by molar-refractivity contribution is -0.143. The first kappa shape index (κ1) is 15.9. The normalized spacial score (nSPS) is 20.7. The maximum Gasteiger partial charge on any atom is 0.256 e. The van der Waals surface area contributed by atoms with E-state index in [1.54, 1.807) is 19.5 Å². The van der Waals surface area contributed by atoms with E-state index in [-0.39, 0.29) is 12.0 Å². The summed E-state index contributed by atoms with van der Waals surface area (Å²) in [6, 6.07) is 7.82. The van der Waals surface area contributed by atoms with Crippen LogP contribution in [0, 0.1) is 0 Å². The molecule has 0 aliphatic carbocycles. The molecule has 1 atom stereocenters. The summed E-state index contributed by atoms with van der Waals surface area (Å²) in [6.07, 6.45) is 3.32. The van der Waals surface area contributed by atoms with Crippen LogP contribution in [-0.4, -0.2) is 54.3 Å². The van der Waals surface area contributed by atoms with E-state index in [4.69, 9.17) is 9.47 Å². The van der Waals surface area contributed by atoms with Crippen molar-refractivity contribution in [1.29, 1.82) is 0 Å². The zero-order valence-corrected chi connectivity index (χ0v) is 13.8. The fraction of sp³-hybridized carbons (Fsp3) is 0.444. The molecule has 2 heterocycles. The predicted molar refractivity (Wildman–Crippen MR) is 88.5 cm³/mol. The van der Waals surface area contributed by atoms with Crippen molar-refractivity contribution in [3.63, 3.8) is 0 Å². The summed E-state index contributed by atoms with van der Waals surface area (Å²) < 4.78 is 11.2. The van der Waals surface area contributed by atoms with Crippen molar-refractivity contribution in [2.24, 2.45) is 0 Å². The Morgan fingerprint density at radius 1 is 1.39 bits per heavy atom. The highest BCUT2D eigenvalue weighted by atomic mass is 16.5. The second-order valence-electron chi connectivity index (χ2n) is 6.55. The molecule has 1 fully saturated rings. The maximum absolute atomic E-state index is 13.0. The highest BCUT2D eigenvalue weighted by Crippen LogP contribution is 2.25. The smallest absolute Gasteiger partial charge is 0.256 e. The van der Waals surface area contributed by atoms with Crippen molar-refractivity contribution in [3.05, 3.63) is 42.2 Å². The number of aromatic nitrogens is 1. The van der Waals surface area contributed by atoms with E-state index in [9.17, 15) is 4.79 Å². The van der Waals surface area contributed by atoms with Crippen molar-refractivity contribution >= 4 is 16.7 Å². The molecule has 2 aromatic rings. The minimum Gasteiger partial charge on any atom is -0.382 e. The van der Waals surface area contributed by atoms with Crippen molar-refractivity contribution in [3.8, 4) is 0 Å². The SMILES string of the molecule is COC[C@H]1CN(C(=O)c2cncc3ccccc23)CC(C)(C)O1. The number of benzene rings is 1. The number of pyridine rings is 1. The van der Waals surface area contributed by atoms with Gasteiger partial charge in [-0.15, -0.1) is 0 Å². The molecule has 1 aliphatic heterocycles. The average molecular weight is 314 g/mol. The minimum absolute atomic E-state index is 0.00761. The Labute approximate surface area is 136 Å². The molecule has 5 heteroatoms. The molecule has 0 spiro atoms. The number of morpholine rings is 1. The lowest BCUT2D eigenvalue weighted by Crippen LogP contribution is -2.55. The van der Waals surface area contributed by atoms with Crippen LogP contribution in [0.25, 0.3) is 10.8 Å². The Morgan fingerprint density at radius 3 is 2.96 bits per heavy atom. The van der Waals surface area contributed by atoms with Gasteiger partial charge < -0.3 is 14.4 Å². The molecule has 0 saturated carbocycles. The van der Waals surface area contributed by atoms with Crippen LogP contribution in [0.2, 0.25) is 0 Å². The Balaban J connectivity index is 1.92. The van der Waals surface area contributed by atoms with E-state index in [2.05, 4.69) is 4.98 Å². The molecule has 23 heavy (non-hydrogen) atoms. The highest BCUT2D eigenvalue weighted by molar-refractivity contribution is 6.06. The van der Waals surface area contributed by atoms with Gasteiger partial charge in [0.05, 0.1) is 23.9 Å². The number of hydrogen-bond donors (Lipinski definition) is 0. The largest absolute Gasteiger partial charge is 0.382 e. The van der Waals surface area contributed by atoms with Crippen LogP contribution in [0.3, 0.4) is 0 Å². The third-order valence-electron chi connectivity index (χ3n) is 4.02. The Hall–Kier alpha value is -1.98. The molecule has 1 aromatic heterocycles. The first-order valence-corrected chi connectivity index (χ1v) is 7.79. The van der Waals surface area contributed by atoms with Gasteiger partial charge in [-0.2, -0.15) is 0 Å². The summed E-state index contributed by atoms with van der Waals surface area (Å²) in [5.41, 5.74) is 0.242. The Kier molecular flexibility index (Phi) is 4.33. The number of fused-ring (bicyclic) bond motifs is 1. The van der Waals surface area contributed by atoms with Crippen LogP contribution in [0.4, 0.5) is 0 Å². The standard InChI is InChI=1S/C18H22N2O3/c1-18(2)12-20(10-14(23-18)11-22-3)17(21)16-9-19-8-13-6-4-5-7-15(13)16/h4-9,14H,10-12H2,1-3H3/t14-/m1/s1. The molecule has 0 bridgehead atoms. The number of nitrogens with zero attached hydrogens (tertiary/aromatic N) is 2. The third-order valence-corrected chi connectivity index (χ3v) is 4.02. The van der Waals surface area contributed by atoms with Gasteiger partial charge in [0.2, 0.25) is 0 Å². The van der Waals surface area contributed by atoms with Crippen LogP contribution in [0.5, 0.6) is 0 Å². The fourth-order valence-corrected chi connectivity index (χ4v) is 3.18. The first-order valence-electron chi connectivity index (χ1n) is 7.79. The number of rotatable bonds is 3. The van der Waals surface area contributed by atoms with Gasteiger partial charge in [0.25, 0.3) is 5.91 Å². The van der Waals surface area contributed by atoms with Crippen molar-refractivity contribution in [1.82, 2.24) is 9.88 Å². The molecule has 5 nitrogen and oxygen atoms in total. The van der Waals surface area contributed by atoms with Gasteiger partial charge in [0.15, 0.2) is 0 Å². The van der Waals surface area contributed by atoms with Crippen molar-refractivity contribution < 1.29 is 14.3 Å². The van der Waals surface area contributed by atoms with Crippen molar-refractivity contribution in [2.75, 3.05) is 26.8 Å². The summed E-state index contributed by atoms with van der Waals surface area (Å²) in [4.78, 5) is 19.1. The number of methoxy groups -OCH3 is 1. The number of amides is 1. The maximum atomic E-state index is 13.0. The average Bonchev–Trinajstić information content (AvgIpc) is 2.52. The number of carbonyl (C=O) groups excluding carboxylic acids is 1. The van der Waals surface area contributed by atoms with E-state index < -0.39 is 5.60 Å². The van der Waals surface area contributed by atoms with Crippen LogP contribution in [0.1, 0.15) is 24.2 Å². The summed E-state index contributed by atoms with van der Waals surface area (Å²) in [5, 5.41) is 1.90. The van der Waals surface area contributed by atoms with E-state index in [1.165, 1.54) is 0 Å². The first-order chi connectivity index (χ1) is 11.0. The van der Waals surface area contributed by atoms with Gasteiger partial charge >= 0.3 is 0 Å². The highest BCUT2D eigenvalue weighted by Gasteiger charge is 2.36. The fourth-order valence-electron chi connectivity index (χ4n) is 3.18. The quantitative estimate of drug-likeness (QED) is 0.873. The zero-order valence-electron chi connectivity index (χ0n) is 13.8.